The van der Waals surface area contributed by atoms with E-state index in [2.05, 4.69) is 71.5 Å². The molecule has 3 heterocycles. The number of hydrogen-bond acceptors (Lipinski definition) is 3. The van der Waals surface area contributed by atoms with Crippen molar-refractivity contribution in [2.45, 2.75) is 52.6 Å². The highest BCUT2D eigenvalue weighted by Crippen LogP contribution is 2.40. The van der Waals surface area contributed by atoms with Crippen LogP contribution in [-0.4, -0.2) is 28.6 Å². The van der Waals surface area contributed by atoms with Crippen molar-refractivity contribution in [3.8, 4) is 5.00 Å². The van der Waals surface area contributed by atoms with Crippen LogP contribution in [-0.2, 0) is 19.4 Å². The predicted molar refractivity (Wildman–Crippen MR) is 129 cm³/mol. The molecule has 0 bridgehead atoms. The summed E-state index contributed by atoms with van der Waals surface area (Å²) in [4.78, 5) is 16.9. The van der Waals surface area contributed by atoms with Gasteiger partial charge in [-0.3, -0.25) is 4.90 Å². The fraction of sp³-hybridized carbons (Fsp3) is 0.400. The van der Waals surface area contributed by atoms with Crippen LogP contribution in [0.5, 0.6) is 0 Å². The molecule has 3 aromatic rings. The van der Waals surface area contributed by atoms with Crippen LogP contribution in [0, 0.1) is 0 Å². The Morgan fingerprint density at radius 2 is 1.90 bits per heavy atom. The van der Waals surface area contributed by atoms with Crippen LogP contribution in [0.3, 0.4) is 0 Å². The molecule has 0 saturated carbocycles. The zero-order valence-corrected chi connectivity index (χ0v) is 19.5. The minimum Gasteiger partial charge on any atom is -0.331 e. The molecule has 0 radical (unpaired) electrons. The Hall–Kier alpha value is -2.57. The van der Waals surface area contributed by atoms with E-state index in [1.54, 1.807) is 0 Å². The zero-order valence-electron chi connectivity index (χ0n) is 18.6. The van der Waals surface area contributed by atoms with Gasteiger partial charge in [-0.2, -0.15) is 0 Å². The van der Waals surface area contributed by atoms with E-state index in [9.17, 15) is 4.79 Å². The van der Waals surface area contributed by atoms with Gasteiger partial charge < -0.3 is 15.2 Å². The molecule has 2 N–H and O–H groups in total. The normalized spacial score (nSPS) is 14.8. The molecule has 1 aliphatic heterocycles. The minimum atomic E-state index is -0.142. The monoisotopic (exact) mass is 436 g/mol. The van der Waals surface area contributed by atoms with Crippen LogP contribution in [0.2, 0.25) is 0 Å². The molecule has 2 amide bonds. The van der Waals surface area contributed by atoms with Crippen LogP contribution in [0.4, 0.5) is 10.5 Å². The number of fused-ring (bicyclic) bond motifs is 1. The fourth-order valence-electron chi connectivity index (χ4n) is 4.40. The van der Waals surface area contributed by atoms with Crippen molar-refractivity contribution < 1.29 is 4.79 Å². The minimum absolute atomic E-state index is 0.0284. The number of likely N-dealkylation sites (N-methyl/N-ethyl adjacent to an activating group) is 1. The van der Waals surface area contributed by atoms with Crippen molar-refractivity contribution in [1.29, 1.82) is 0 Å². The summed E-state index contributed by atoms with van der Waals surface area (Å²) in [5.41, 5.74) is 4.74. The number of hydrogen-bond donors (Lipinski definition) is 2. The second-order valence-corrected chi connectivity index (χ2v) is 9.09. The Bertz CT molecular complexity index is 1020. The Kier molecular flexibility index (Phi) is 6.78. The summed E-state index contributed by atoms with van der Waals surface area (Å²) in [5, 5.41) is 7.58. The Balaban J connectivity index is 1.63. The van der Waals surface area contributed by atoms with Gasteiger partial charge >= 0.3 is 6.03 Å². The molecule has 1 atom stereocenters. The molecule has 2 aromatic heterocycles. The average molecular weight is 437 g/mol. The number of benzene rings is 1. The quantitative estimate of drug-likeness (QED) is 0.495. The highest BCUT2D eigenvalue weighted by Gasteiger charge is 2.29. The number of rotatable bonds is 7. The number of nitrogens with zero attached hydrogens (tertiary/aromatic N) is 2. The van der Waals surface area contributed by atoms with Crippen molar-refractivity contribution in [3.05, 3.63) is 70.4 Å². The summed E-state index contributed by atoms with van der Waals surface area (Å²) >= 11 is 1.87. The lowest BCUT2D eigenvalue weighted by Crippen LogP contribution is -2.34. The van der Waals surface area contributed by atoms with Gasteiger partial charge in [-0.25, -0.2) is 4.79 Å². The van der Waals surface area contributed by atoms with Gasteiger partial charge in [-0.05, 0) is 55.1 Å². The maximum absolute atomic E-state index is 13.0. The molecule has 4 rings (SSSR count). The first-order chi connectivity index (χ1) is 15.1. The number of carbonyl (C=O) groups excluding carboxylic acids is 1. The molecule has 5 nitrogen and oxygen atoms in total. The van der Waals surface area contributed by atoms with E-state index in [0.29, 0.717) is 0 Å². The Morgan fingerprint density at radius 3 is 2.61 bits per heavy atom. The van der Waals surface area contributed by atoms with Crippen LogP contribution in [0.15, 0.2) is 48.8 Å². The van der Waals surface area contributed by atoms with Crippen molar-refractivity contribution in [2.75, 3.05) is 18.4 Å². The fourth-order valence-corrected chi connectivity index (χ4v) is 5.82. The summed E-state index contributed by atoms with van der Waals surface area (Å²) in [7, 11) is 0. The first-order valence-electron chi connectivity index (χ1n) is 11.3. The van der Waals surface area contributed by atoms with E-state index in [1.165, 1.54) is 21.0 Å². The first kappa shape index (κ1) is 21.7. The molecular formula is C25H32N4OS. The lowest BCUT2D eigenvalue weighted by Gasteiger charge is -2.27. The van der Waals surface area contributed by atoms with Crippen molar-refractivity contribution >= 4 is 23.1 Å². The molecule has 1 aromatic carbocycles. The maximum Gasteiger partial charge on any atom is 0.319 e. The highest BCUT2D eigenvalue weighted by molar-refractivity contribution is 7.15. The van der Waals surface area contributed by atoms with Crippen LogP contribution in [0.1, 0.15) is 54.8 Å². The largest absolute Gasteiger partial charge is 0.331 e. The van der Waals surface area contributed by atoms with Gasteiger partial charge in [-0.15, -0.1) is 11.3 Å². The summed E-state index contributed by atoms with van der Waals surface area (Å²) in [5.74, 6) is 0. The molecule has 164 valence electrons. The number of urea groups is 1. The van der Waals surface area contributed by atoms with E-state index < -0.39 is 0 Å². The van der Waals surface area contributed by atoms with E-state index in [-0.39, 0.29) is 12.1 Å². The maximum atomic E-state index is 13.0. The van der Waals surface area contributed by atoms with Crippen LogP contribution < -0.4 is 10.6 Å². The SMILES string of the molecule is CCc1ccccc1NC(=O)N[C@@H](CC)c1c(-n2cccc2)sc2c1CCN(CC)C2. The van der Waals surface area contributed by atoms with Gasteiger partial charge in [-0.1, -0.05) is 39.0 Å². The third-order valence-electron chi connectivity index (χ3n) is 6.15. The molecule has 31 heavy (non-hydrogen) atoms. The van der Waals surface area contributed by atoms with Crippen molar-refractivity contribution in [3.63, 3.8) is 0 Å². The summed E-state index contributed by atoms with van der Waals surface area (Å²) in [6.07, 6.45) is 6.97. The van der Waals surface area contributed by atoms with E-state index in [0.717, 1.165) is 50.1 Å². The molecular weight excluding hydrogens is 404 g/mol. The van der Waals surface area contributed by atoms with Crippen molar-refractivity contribution in [1.82, 2.24) is 14.8 Å². The number of nitrogens with one attached hydrogen (secondary N) is 2. The lowest BCUT2D eigenvalue weighted by atomic mass is 9.96. The molecule has 0 spiro atoms. The van der Waals surface area contributed by atoms with E-state index in [1.807, 2.05) is 29.5 Å². The molecule has 0 fully saturated rings. The molecule has 0 aliphatic carbocycles. The van der Waals surface area contributed by atoms with Gasteiger partial charge in [0.1, 0.15) is 5.00 Å². The Labute approximate surface area is 189 Å². The van der Waals surface area contributed by atoms with Crippen LogP contribution in [0.25, 0.3) is 5.00 Å². The second-order valence-electron chi connectivity index (χ2n) is 8.00. The van der Waals surface area contributed by atoms with Gasteiger partial charge in [0.15, 0.2) is 0 Å². The topological polar surface area (TPSA) is 49.3 Å². The predicted octanol–water partition coefficient (Wildman–Crippen LogP) is 5.75. The number of aryl methyl sites for hydroxylation is 1. The third kappa shape index (κ3) is 4.55. The summed E-state index contributed by atoms with van der Waals surface area (Å²) in [6, 6.07) is 12.0. The zero-order chi connectivity index (χ0) is 21.8. The number of aromatic nitrogens is 1. The second kappa shape index (κ2) is 9.71. The van der Waals surface area contributed by atoms with E-state index in [4.69, 9.17) is 0 Å². The van der Waals surface area contributed by atoms with Crippen molar-refractivity contribution in [2.24, 2.45) is 0 Å². The van der Waals surface area contributed by atoms with Gasteiger partial charge in [0.2, 0.25) is 0 Å². The van der Waals surface area contributed by atoms with Gasteiger partial charge in [0, 0.05) is 41.6 Å². The third-order valence-corrected chi connectivity index (χ3v) is 7.40. The highest BCUT2D eigenvalue weighted by atomic mass is 32.1. The average Bonchev–Trinajstić information content (AvgIpc) is 3.45. The smallest absolute Gasteiger partial charge is 0.319 e. The van der Waals surface area contributed by atoms with Crippen LogP contribution >= 0.6 is 11.3 Å². The van der Waals surface area contributed by atoms with Gasteiger partial charge in [0.25, 0.3) is 0 Å². The molecule has 1 aliphatic rings. The number of thiophene rings is 1. The number of amides is 2. The van der Waals surface area contributed by atoms with Gasteiger partial charge in [0.05, 0.1) is 6.04 Å². The molecule has 0 unspecified atom stereocenters. The summed E-state index contributed by atoms with van der Waals surface area (Å²) < 4.78 is 2.20. The first-order valence-corrected chi connectivity index (χ1v) is 12.1. The standard InChI is InChI=1S/C25H32N4OS/c1-4-18-11-7-8-12-21(18)27-25(30)26-20(5-2)23-19-13-16-28(6-3)17-22(19)31-24(23)29-14-9-10-15-29/h7-12,14-15,20H,4-6,13,16-17H2,1-3H3,(H2,26,27,30)/t20-/m0/s1. The van der Waals surface area contributed by atoms with E-state index >= 15 is 0 Å². The lowest BCUT2D eigenvalue weighted by molar-refractivity contribution is 0.247. The molecule has 6 heteroatoms. The molecule has 0 saturated heterocycles. The number of carbonyl (C=O) groups is 1. The number of para-hydroxylation sites is 1. The number of anilines is 1. The summed E-state index contributed by atoms with van der Waals surface area (Å²) in [6.45, 7) is 9.62. The Morgan fingerprint density at radius 1 is 1.13 bits per heavy atom.